The van der Waals surface area contributed by atoms with Crippen LogP contribution in [0.2, 0.25) is 0 Å². The summed E-state index contributed by atoms with van der Waals surface area (Å²) in [4.78, 5) is 25.3. The molecule has 138 valence electrons. The molecule has 0 aliphatic carbocycles. The lowest BCUT2D eigenvalue weighted by Crippen LogP contribution is -2.47. The average molecular weight is 369 g/mol. The molecule has 1 aliphatic heterocycles. The molecule has 1 aromatic carbocycles. The summed E-state index contributed by atoms with van der Waals surface area (Å²) < 4.78 is 28.3. The fourth-order valence-electron chi connectivity index (χ4n) is 2.84. The number of hydrogen-bond donors (Lipinski definition) is 1. The number of sulfone groups is 1. The van der Waals surface area contributed by atoms with E-state index in [-0.39, 0.29) is 36.4 Å². The predicted molar refractivity (Wildman–Crippen MR) is 91.2 cm³/mol. The summed E-state index contributed by atoms with van der Waals surface area (Å²) >= 11 is 0. The van der Waals surface area contributed by atoms with Crippen LogP contribution in [0.1, 0.15) is 26.2 Å². The second-order valence-corrected chi connectivity index (χ2v) is 8.37. The maximum atomic E-state index is 12.3. The first-order valence-electron chi connectivity index (χ1n) is 8.13. The maximum absolute atomic E-state index is 12.3. The minimum Gasteiger partial charge on any atom is -0.493 e. The van der Waals surface area contributed by atoms with E-state index >= 15 is 0 Å². The Morgan fingerprint density at radius 2 is 1.88 bits per heavy atom. The normalized spacial score (nSPS) is 21.0. The van der Waals surface area contributed by atoms with E-state index in [1.807, 2.05) is 6.92 Å². The second-order valence-electron chi connectivity index (χ2n) is 6.35. The van der Waals surface area contributed by atoms with Crippen molar-refractivity contribution < 1.29 is 27.9 Å². The molecule has 2 rings (SSSR count). The molecule has 1 heterocycles. The number of aliphatic carboxylic acids is 1. The maximum Gasteiger partial charge on any atom is 0.308 e. The van der Waals surface area contributed by atoms with Crippen LogP contribution in [0.15, 0.2) is 29.2 Å². The van der Waals surface area contributed by atoms with Crippen LogP contribution in [0, 0.1) is 5.92 Å². The van der Waals surface area contributed by atoms with Gasteiger partial charge < -0.3 is 14.7 Å². The monoisotopic (exact) mass is 369 g/mol. The first-order chi connectivity index (χ1) is 11.7. The first kappa shape index (κ1) is 19.2. The minimum atomic E-state index is -3.25. The van der Waals surface area contributed by atoms with E-state index in [4.69, 9.17) is 9.84 Å². The van der Waals surface area contributed by atoms with Gasteiger partial charge in [-0.25, -0.2) is 8.42 Å². The number of piperidine rings is 1. The van der Waals surface area contributed by atoms with E-state index in [1.54, 1.807) is 17.0 Å². The Morgan fingerprint density at radius 1 is 1.24 bits per heavy atom. The largest absolute Gasteiger partial charge is 0.493 e. The van der Waals surface area contributed by atoms with Crippen molar-refractivity contribution in [2.75, 3.05) is 19.4 Å². The number of benzene rings is 1. The summed E-state index contributed by atoms with van der Waals surface area (Å²) in [6, 6.07) is 6.03. The van der Waals surface area contributed by atoms with E-state index in [9.17, 15) is 18.0 Å². The fraction of sp³-hybridized carbons (Fsp3) is 0.529. The second kappa shape index (κ2) is 7.86. The van der Waals surface area contributed by atoms with Gasteiger partial charge in [0.2, 0.25) is 5.91 Å². The number of ether oxygens (including phenoxy) is 1. The molecule has 1 fully saturated rings. The van der Waals surface area contributed by atoms with E-state index in [2.05, 4.69) is 0 Å². The molecule has 7 nitrogen and oxygen atoms in total. The van der Waals surface area contributed by atoms with Crippen LogP contribution < -0.4 is 4.74 Å². The van der Waals surface area contributed by atoms with Crippen molar-refractivity contribution in [2.45, 2.75) is 37.1 Å². The highest BCUT2D eigenvalue weighted by Gasteiger charge is 2.32. The minimum absolute atomic E-state index is 0.0251. The number of carbonyl (C=O) groups excluding carboxylic acids is 1. The highest BCUT2D eigenvalue weighted by molar-refractivity contribution is 7.90. The third-order valence-corrected chi connectivity index (χ3v) is 5.52. The third kappa shape index (κ3) is 5.19. The molecule has 0 spiro atoms. The number of carboxylic acid groups (broad SMARTS) is 1. The molecule has 0 bridgehead atoms. The number of hydrogen-bond acceptors (Lipinski definition) is 5. The van der Waals surface area contributed by atoms with Crippen LogP contribution in [-0.4, -0.2) is 55.7 Å². The van der Waals surface area contributed by atoms with Gasteiger partial charge in [-0.15, -0.1) is 0 Å². The Labute approximate surface area is 147 Å². The van der Waals surface area contributed by atoms with Gasteiger partial charge in [-0.2, -0.15) is 0 Å². The van der Waals surface area contributed by atoms with Gasteiger partial charge in [-0.3, -0.25) is 9.59 Å². The Bertz CT molecular complexity index is 728. The van der Waals surface area contributed by atoms with Crippen LogP contribution in [-0.2, 0) is 19.4 Å². The van der Waals surface area contributed by atoms with Crippen LogP contribution >= 0.6 is 0 Å². The zero-order valence-corrected chi connectivity index (χ0v) is 15.2. The quantitative estimate of drug-likeness (QED) is 0.817. The molecular formula is C17H23NO6S. The lowest BCUT2D eigenvalue weighted by Gasteiger charge is -2.36. The topological polar surface area (TPSA) is 101 Å². The third-order valence-electron chi connectivity index (χ3n) is 4.39. The highest BCUT2D eigenvalue weighted by Crippen LogP contribution is 2.23. The molecular weight excluding hydrogens is 346 g/mol. The fourth-order valence-corrected chi connectivity index (χ4v) is 3.47. The first-order valence-corrected chi connectivity index (χ1v) is 10.0. The molecule has 0 saturated carbocycles. The number of rotatable bonds is 6. The summed E-state index contributed by atoms with van der Waals surface area (Å²) in [5, 5.41) is 9.12. The summed E-state index contributed by atoms with van der Waals surface area (Å²) in [5.41, 5.74) is 0. The zero-order chi connectivity index (χ0) is 18.6. The van der Waals surface area contributed by atoms with E-state index < -0.39 is 21.7 Å². The van der Waals surface area contributed by atoms with Crippen molar-refractivity contribution in [1.29, 1.82) is 0 Å². The Morgan fingerprint density at radius 3 is 2.44 bits per heavy atom. The molecule has 1 N–H and O–H groups in total. The van der Waals surface area contributed by atoms with Gasteiger partial charge in [0.1, 0.15) is 5.75 Å². The Hall–Kier alpha value is -2.09. The number of amides is 1. The lowest BCUT2D eigenvalue weighted by molar-refractivity contribution is -0.147. The molecule has 25 heavy (non-hydrogen) atoms. The molecule has 1 aromatic rings. The van der Waals surface area contributed by atoms with Crippen molar-refractivity contribution in [2.24, 2.45) is 5.92 Å². The van der Waals surface area contributed by atoms with Gasteiger partial charge >= 0.3 is 5.97 Å². The average Bonchev–Trinajstić information content (AvgIpc) is 2.54. The predicted octanol–water partition coefficient (Wildman–Crippen LogP) is 1.57. The van der Waals surface area contributed by atoms with Crippen molar-refractivity contribution >= 4 is 21.7 Å². The van der Waals surface area contributed by atoms with Gasteiger partial charge in [-0.1, -0.05) is 0 Å². The summed E-state index contributed by atoms with van der Waals surface area (Å²) in [6.45, 7) is 2.30. The summed E-state index contributed by atoms with van der Waals surface area (Å²) in [5.74, 6) is -1.03. The molecule has 0 aromatic heterocycles. The smallest absolute Gasteiger partial charge is 0.308 e. The molecule has 0 unspecified atom stereocenters. The van der Waals surface area contributed by atoms with Gasteiger partial charge in [0.05, 0.1) is 23.8 Å². The standard InChI is InChI=1S/C17H23NO6S/c1-12-3-4-13(17(20)21)11-18(12)16(19)9-10-24-14-5-7-15(8-6-14)25(2,22)23/h5-8,12-13H,3-4,9-11H2,1-2H3,(H,20,21)/t12-,13+/m0/s1. The number of likely N-dealkylation sites (tertiary alicyclic amines) is 1. The van der Waals surface area contributed by atoms with E-state index in [1.165, 1.54) is 12.1 Å². The summed E-state index contributed by atoms with van der Waals surface area (Å²) in [7, 11) is -3.25. The molecule has 0 radical (unpaired) electrons. The van der Waals surface area contributed by atoms with Gasteiger partial charge in [0.15, 0.2) is 9.84 Å². The van der Waals surface area contributed by atoms with Gasteiger partial charge in [-0.05, 0) is 44.0 Å². The zero-order valence-electron chi connectivity index (χ0n) is 14.3. The SMILES string of the molecule is C[C@H]1CC[C@@H](C(=O)O)CN1C(=O)CCOc1ccc(S(C)(=O)=O)cc1. The van der Waals surface area contributed by atoms with E-state index in [0.29, 0.717) is 18.6 Å². The lowest BCUT2D eigenvalue weighted by atomic mass is 9.93. The number of carboxylic acids is 1. The van der Waals surface area contributed by atoms with Gasteiger partial charge in [0, 0.05) is 18.8 Å². The molecule has 1 saturated heterocycles. The van der Waals surface area contributed by atoms with Crippen molar-refractivity contribution in [3.8, 4) is 5.75 Å². The Balaban J connectivity index is 1.86. The molecule has 2 atom stereocenters. The molecule has 1 aliphatic rings. The van der Waals surface area contributed by atoms with E-state index in [0.717, 1.165) is 6.26 Å². The molecule has 1 amide bonds. The van der Waals surface area contributed by atoms with Crippen LogP contribution in [0.5, 0.6) is 5.75 Å². The molecule has 8 heteroatoms. The van der Waals surface area contributed by atoms with Crippen LogP contribution in [0.25, 0.3) is 0 Å². The van der Waals surface area contributed by atoms with Gasteiger partial charge in [0.25, 0.3) is 0 Å². The number of nitrogens with zero attached hydrogens (tertiary/aromatic N) is 1. The number of carbonyl (C=O) groups is 2. The van der Waals surface area contributed by atoms with Crippen molar-refractivity contribution in [3.63, 3.8) is 0 Å². The Kier molecular flexibility index (Phi) is 6.05. The van der Waals surface area contributed by atoms with Crippen molar-refractivity contribution in [1.82, 2.24) is 4.90 Å². The van der Waals surface area contributed by atoms with Crippen LogP contribution in [0.4, 0.5) is 0 Å². The highest BCUT2D eigenvalue weighted by atomic mass is 32.2. The van der Waals surface area contributed by atoms with Crippen LogP contribution in [0.3, 0.4) is 0 Å². The van der Waals surface area contributed by atoms with Crippen molar-refractivity contribution in [3.05, 3.63) is 24.3 Å². The summed E-state index contributed by atoms with van der Waals surface area (Å²) in [6.07, 6.45) is 2.54.